The zero-order valence-corrected chi connectivity index (χ0v) is 30.6. The van der Waals surface area contributed by atoms with Gasteiger partial charge >= 0.3 is 11.9 Å². The monoisotopic (exact) mass is 751 g/mol. The molecule has 0 aliphatic rings. The van der Waals surface area contributed by atoms with Crippen LogP contribution in [0.1, 0.15) is 72.2 Å². The summed E-state index contributed by atoms with van der Waals surface area (Å²) in [6.45, 7) is 5.18. The molecule has 14 nitrogen and oxygen atoms in total. The number of fused-ring (bicyclic) bond motifs is 1. The largest absolute Gasteiger partial charge is 0.493 e. The minimum absolute atomic E-state index is 0.102. The number of aromatic hydroxyl groups is 1. The molecular formula is C42H37N7O7. The standard InChI is InChI=1S/C42H37N7O7/c1-41(2,3)39(56)48-40-46-35-30(36(52)47-40)23-26(24-43-35)19-21-33-44-32(37(53)45-31(38(54)55)20-22-34(50)51)25-49(33)42(27-13-7-4-8-14-27,28-15-9-5-10-16-28)29-17-11-6-12-18-29/h4-18,23-25,31H,20,22H2,1-3H3,(H,45,53)(H,50,51)(H,54,55)(H2,43,46,47,48,52,56)/t31-/m1/s1. The highest BCUT2D eigenvalue weighted by atomic mass is 16.4. The molecule has 6 rings (SSSR count). The maximum Gasteiger partial charge on any atom is 0.326 e. The Hall–Kier alpha value is -7.40. The average molecular weight is 752 g/mol. The van der Waals surface area contributed by atoms with Gasteiger partial charge in [0.25, 0.3) is 5.91 Å². The van der Waals surface area contributed by atoms with Gasteiger partial charge in [0.1, 0.15) is 17.3 Å². The Morgan fingerprint density at radius 2 is 1.38 bits per heavy atom. The van der Waals surface area contributed by atoms with Crippen molar-refractivity contribution in [1.29, 1.82) is 0 Å². The predicted octanol–water partition coefficient (Wildman–Crippen LogP) is 5.20. The van der Waals surface area contributed by atoms with E-state index >= 15 is 0 Å². The van der Waals surface area contributed by atoms with Gasteiger partial charge < -0.3 is 25.2 Å². The first kappa shape index (κ1) is 38.3. The number of hydrogen-bond donors (Lipinski definition) is 5. The van der Waals surface area contributed by atoms with Gasteiger partial charge in [-0.05, 0) is 35.1 Å². The molecule has 0 radical (unpaired) electrons. The van der Waals surface area contributed by atoms with Gasteiger partial charge in [-0.2, -0.15) is 9.97 Å². The van der Waals surface area contributed by atoms with Crippen molar-refractivity contribution in [2.45, 2.75) is 45.2 Å². The lowest BCUT2D eigenvalue weighted by Crippen LogP contribution is -2.41. The summed E-state index contributed by atoms with van der Waals surface area (Å²) in [5.41, 5.74) is 0.722. The number of imidazole rings is 1. The van der Waals surface area contributed by atoms with Gasteiger partial charge in [-0.1, -0.05) is 118 Å². The number of hydrogen-bond acceptors (Lipinski definition) is 9. The van der Waals surface area contributed by atoms with Crippen molar-refractivity contribution in [2.75, 3.05) is 5.32 Å². The number of anilines is 1. The molecule has 0 saturated carbocycles. The first-order valence-corrected chi connectivity index (χ1v) is 17.5. The molecule has 3 heterocycles. The molecule has 0 spiro atoms. The smallest absolute Gasteiger partial charge is 0.326 e. The highest BCUT2D eigenvalue weighted by Gasteiger charge is 2.40. The fourth-order valence-electron chi connectivity index (χ4n) is 6.08. The highest BCUT2D eigenvalue weighted by molar-refractivity contribution is 5.95. The summed E-state index contributed by atoms with van der Waals surface area (Å²) in [5, 5.41) is 35.0. The molecule has 0 fully saturated rings. The van der Waals surface area contributed by atoms with E-state index in [0.717, 1.165) is 16.7 Å². The molecule has 0 unspecified atom stereocenters. The molecule has 0 aliphatic heterocycles. The van der Waals surface area contributed by atoms with Crippen molar-refractivity contribution in [3.8, 4) is 17.7 Å². The Balaban J connectivity index is 1.53. The van der Waals surface area contributed by atoms with Crippen LogP contribution in [0, 0.1) is 17.3 Å². The second-order valence-electron chi connectivity index (χ2n) is 13.8. The molecule has 282 valence electrons. The number of benzene rings is 3. The van der Waals surface area contributed by atoms with Crippen LogP contribution in [0.3, 0.4) is 0 Å². The summed E-state index contributed by atoms with van der Waals surface area (Å²) < 4.78 is 1.75. The third kappa shape index (κ3) is 8.07. The van der Waals surface area contributed by atoms with Crippen LogP contribution in [0.4, 0.5) is 5.95 Å². The van der Waals surface area contributed by atoms with Crippen LogP contribution >= 0.6 is 0 Å². The Bertz CT molecular complexity index is 2390. The Morgan fingerprint density at radius 1 is 0.804 bits per heavy atom. The first-order valence-electron chi connectivity index (χ1n) is 17.5. The number of rotatable bonds is 11. The quantitative estimate of drug-likeness (QED) is 0.0858. The van der Waals surface area contributed by atoms with Crippen LogP contribution in [0.25, 0.3) is 11.0 Å². The van der Waals surface area contributed by atoms with E-state index in [4.69, 9.17) is 5.11 Å². The number of nitrogens with one attached hydrogen (secondary N) is 2. The van der Waals surface area contributed by atoms with Crippen LogP contribution < -0.4 is 10.6 Å². The Kier molecular flexibility index (Phi) is 10.9. The van der Waals surface area contributed by atoms with E-state index in [1.165, 1.54) is 18.5 Å². The number of pyridine rings is 1. The molecule has 0 aliphatic carbocycles. The second kappa shape index (κ2) is 15.9. The van der Waals surface area contributed by atoms with E-state index in [-0.39, 0.29) is 40.8 Å². The topological polar surface area (TPSA) is 210 Å². The normalized spacial score (nSPS) is 11.9. The van der Waals surface area contributed by atoms with Crippen LogP contribution in [0.5, 0.6) is 5.88 Å². The first-order chi connectivity index (χ1) is 26.8. The fraction of sp³-hybridized carbons (Fsp3) is 0.190. The van der Waals surface area contributed by atoms with Crippen molar-refractivity contribution < 1.29 is 34.5 Å². The zero-order chi connectivity index (χ0) is 40.0. The van der Waals surface area contributed by atoms with Gasteiger partial charge in [0.05, 0.1) is 5.39 Å². The molecule has 0 bridgehead atoms. The van der Waals surface area contributed by atoms with Crippen molar-refractivity contribution in [2.24, 2.45) is 5.41 Å². The van der Waals surface area contributed by atoms with Gasteiger partial charge in [-0.3, -0.25) is 19.7 Å². The predicted molar refractivity (Wildman–Crippen MR) is 206 cm³/mol. The highest BCUT2D eigenvalue weighted by Crippen LogP contribution is 2.41. The number of carboxylic acid groups (broad SMARTS) is 2. The Labute approximate surface area is 321 Å². The van der Waals surface area contributed by atoms with Gasteiger partial charge in [-0.15, -0.1) is 0 Å². The molecular weight excluding hydrogens is 715 g/mol. The maximum absolute atomic E-state index is 13.8. The van der Waals surface area contributed by atoms with E-state index in [1.807, 2.05) is 91.0 Å². The molecule has 6 aromatic rings. The van der Waals surface area contributed by atoms with E-state index < -0.39 is 47.1 Å². The number of aromatic nitrogens is 5. The lowest BCUT2D eigenvalue weighted by Gasteiger charge is -2.38. The van der Waals surface area contributed by atoms with Gasteiger partial charge in [-0.25, -0.2) is 14.8 Å². The van der Waals surface area contributed by atoms with E-state index in [9.17, 15) is 29.4 Å². The SMILES string of the molecule is CC(C)(C)C(=O)Nc1nc(O)c2cc(C#Cc3nc(C(=O)N[C@H](CCC(=O)O)C(=O)O)cn3C(c3ccccc3)(c3ccccc3)c3ccccc3)cnc2n1. The minimum atomic E-state index is -1.50. The Morgan fingerprint density at radius 3 is 1.89 bits per heavy atom. The van der Waals surface area contributed by atoms with Crippen LogP contribution in [-0.2, 0) is 19.9 Å². The summed E-state index contributed by atoms with van der Waals surface area (Å²) in [7, 11) is 0. The molecule has 1 atom stereocenters. The number of carboxylic acids is 2. The van der Waals surface area contributed by atoms with Crippen molar-refractivity contribution in [3.05, 3.63) is 143 Å². The van der Waals surface area contributed by atoms with Crippen molar-refractivity contribution in [1.82, 2.24) is 29.8 Å². The van der Waals surface area contributed by atoms with Gasteiger partial charge in [0.2, 0.25) is 17.7 Å². The minimum Gasteiger partial charge on any atom is -0.493 e. The van der Waals surface area contributed by atoms with Gasteiger partial charge in [0.15, 0.2) is 11.5 Å². The number of nitrogens with zero attached hydrogens (tertiary/aromatic N) is 5. The maximum atomic E-state index is 13.8. The van der Waals surface area contributed by atoms with Crippen molar-refractivity contribution in [3.63, 3.8) is 0 Å². The zero-order valence-electron chi connectivity index (χ0n) is 30.6. The summed E-state index contributed by atoms with van der Waals surface area (Å²) in [4.78, 5) is 66.9. The summed E-state index contributed by atoms with van der Waals surface area (Å²) in [6, 6.07) is 28.7. The lowest BCUT2D eigenvalue weighted by atomic mass is 9.76. The summed E-state index contributed by atoms with van der Waals surface area (Å²) in [6.07, 6.45) is 2.10. The molecule has 3 aromatic carbocycles. The third-order valence-corrected chi connectivity index (χ3v) is 8.88. The number of carbonyl (C=O) groups is 4. The van der Waals surface area contributed by atoms with E-state index in [2.05, 4.69) is 42.4 Å². The summed E-state index contributed by atoms with van der Waals surface area (Å²) in [5.74, 6) is 1.88. The molecule has 3 aromatic heterocycles. The van der Waals surface area contributed by atoms with E-state index in [1.54, 1.807) is 25.3 Å². The van der Waals surface area contributed by atoms with E-state index in [0.29, 0.717) is 5.56 Å². The van der Waals surface area contributed by atoms with Crippen LogP contribution in [-0.4, -0.2) is 69.6 Å². The summed E-state index contributed by atoms with van der Waals surface area (Å²) >= 11 is 0. The number of carbonyl (C=O) groups excluding carboxylic acids is 2. The fourth-order valence-corrected chi connectivity index (χ4v) is 6.08. The average Bonchev–Trinajstić information content (AvgIpc) is 3.61. The molecule has 56 heavy (non-hydrogen) atoms. The van der Waals surface area contributed by atoms with Crippen molar-refractivity contribution >= 4 is 40.7 Å². The molecule has 14 heteroatoms. The lowest BCUT2D eigenvalue weighted by molar-refractivity contribution is -0.140. The van der Waals surface area contributed by atoms with Crippen LogP contribution in [0.2, 0.25) is 0 Å². The molecule has 2 amide bonds. The second-order valence-corrected chi connectivity index (χ2v) is 13.8. The number of aliphatic carboxylic acids is 2. The van der Waals surface area contributed by atoms with Crippen LogP contribution in [0.15, 0.2) is 109 Å². The number of amides is 2. The third-order valence-electron chi connectivity index (χ3n) is 8.88. The molecule has 5 N–H and O–H groups in total. The molecule has 0 saturated heterocycles. The van der Waals surface area contributed by atoms with Gasteiger partial charge in [0, 0.05) is 29.8 Å².